The zero-order chi connectivity index (χ0) is 25.0. The predicted molar refractivity (Wildman–Crippen MR) is 145 cm³/mol. The molecule has 194 valence electrons. The molecule has 0 saturated heterocycles. The van der Waals surface area contributed by atoms with Crippen LogP contribution >= 0.6 is 12.4 Å². The number of fused-ring (bicyclic) bond motifs is 1. The monoisotopic (exact) mass is 533 g/mol. The quantitative estimate of drug-likeness (QED) is 0.349. The van der Waals surface area contributed by atoms with Gasteiger partial charge in [-0.1, -0.05) is 31.4 Å². The number of sulfonamides is 1. The van der Waals surface area contributed by atoms with Crippen LogP contribution in [0.5, 0.6) is 0 Å². The Hall–Kier alpha value is -3.11. The Bertz CT molecular complexity index is 1400. The summed E-state index contributed by atoms with van der Waals surface area (Å²) in [6, 6.07) is 9.13. The van der Waals surface area contributed by atoms with Gasteiger partial charge in [-0.05, 0) is 60.4 Å². The molecule has 0 unspecified atom stereocenters. The molecule has 11 heteroatoms. The lowest BCUT2D eigenvalue weighted by Gasteiger charge is -2.22. The third kappa shape index (κ3) is 6.98. The zero-order valence-electron chi connectivity index (χ0n) is 20.2. The van der Waals surface area contributed by atoms with Crippen molar-refractivity contribution in [3.05, 3.63) is 63.7 Å². The number of benzene rings is 1. The maximum Gasteiger partial charge on any atom is 0.272 e. The fourth-order valence-electron chi connectivity index (χ4n) is 4.67. The molecule has 0 radical (unpaired) electrons. The van der Waals surface area contributed by atoms with Crippen LogP contribution in [0.3, 0.4) is 0 Å². The summed E-state index contributed by atoms with van der Waals surface area (Å²) in [5.41, 5.74) is 7.02. The minimum Gasteiger partial charge on any atom is -0.383 e. The summed E-state index contributed by atoms with van der Waals surface area (Å²) in [5, 5.41) is 4.61. The molecule has 9 nitrogen and oxygen atoms in total. The van der Waals surface area contributed by atoms with Crippen LogP contribution in [-0.2, 0) is 27.8 Å². The molecular formula is C25H32ClN5O4S. The first-order valence-electron chi connectivity index (χ1n) is 11.8. The standard InChI is InChI=1S/C25H31N5O4S.ClH/c1-16-11-20(23(25(32)29-16)30-35(33,34)15-17-5-3-2-4-6-17)13-22(31)28-14-18-7-8-21-19(12-18)9-10-27-24(21)26;/h7-12,17,30H,2-6,13-15H2,1H3,(H2,26,27)(H,28,31)(H,29,32);1H. The average Bonchev–Trinajstić information content (AvgIpc) is 2.80. The summed E-state index contributed by atoms with van der Waals surface area (Å²) >= 11 is 0. The molecule has 3 aromatic rings. The van der Waals surface area contributed by atoms with Gasteiger partial charge >= 0.3 is 0 Å². The first-order valence-corrected chi connectivity index (χ1v) is 13.5. The van der Waals surface area contributed by atoms with Crippen LogP contribution in [-0.4, -0.2) is 30.0 Å². The molecule has 4 rings (SSSR count). The molecule has 0 spiro atoms. The molecule has 1 fully saturated rings. The molecule has 1 amide bonds. The van der Waals surface area contributed by atoms with Gasteiger partial charge in [-0.3, -0.25) is 14.3 Å². The summed E-state index contributed by atoms with van der Waals surface area (Å²) in [5.74, 6) is 0.192. The van der Waals surface area contributed by atoms with Gasteiger partial charge in [0.05, 0.1) is 12.2 Å². The molecule has 5 N–H and O–H groups in total. The van der Waals surface area contributed by atoms with Crippen LogP contribution in [0.15, 0.2) is 41.3 Å². The number of nitrogens with one attached hydrogen (secondary N) is 3. The van der Waals surface area contributed by atoms with Crippen LogP contribution in [0.4, 0.5) is 11.5 Å². The number of aromatic nitrogens is 2. The van der Waals surface area contributed by atoms with Crippen LogP contribution in [0.1, 0.15) is 48.9 Å². The Morgan fingerprint density at radius 2 is 1.92 bits per heavy atom. The predicted octanol–water partition coefficient (Wildman–Crippen LogP) is 3.42. The van der Waals surface area contributed by atoms with Crippen molar-refractivity contribution in [3.63, 3.8) is 0 Å². The zero-order valence-corrected chi connectivity index (χ0v) is 21.8. The molecule has 0 aliphatic heterocycles. The van der Waals surface area contributed by atoms with E-state index in [2.05, 4.69) is 20.0 Å². The highest BCUT2D eigenvalue weighted by atomic mass is 35.5. The molecule has 1 saturated carbocycles. The van der Waals surface area contributed by atoms with E-state index in [4.69, 9.17) is 5.73 Å². The Kier molecular flexibility index (Phi) is 8.97. The van der Waals surface area contributed by atoms with Gasteiger partial charge in [-0.2, -0.15) is 0 Å². The summed E-state index contributed by atoms with van der Waals surface area (Å²) in [6.45, 7) is 1.97. The van der Waals surface area contributed by atoms with Gasteiger partial charge in [0, 0.05) is 23.8 Å². The summed E-state index contributed by atoms with van der Waals surface area (Å²) in [7, 11) is -3.72. The van der Waals surface area contributed by atoms with E-state index in [0.29, 0.717) is 17.1 Å². The number of pyridine rings is 2. The Balaban J connectivity index is 0.00000361. The molecule has 2 heterocycles. The molecule has 36 heavy (non-hydrogen) atoms. The SMILES string of the molecule is Cc1cc(CC(=O)NCc2ccc3c(N)nccc3c2)c(NS(=O)(=O)CC2CCCCC2)c(=O)[nH]1.Cl. The molecule has 1 aliphatic carbocycles. The number of carbonyl (C=O) groups is 1. The summed E-state index contributed by atoms with van der Waals surface area (Å²) in [6.07, 6.45) is 6.43. The van der Waals surface area contributed by atoms with E-state index in [-0.39, 0.29) is 48.6 Å². The van der Waals surface area contributed by atoms with Gasteiger partial charge in [0.1, 0.15) is 11.5 Å². The molecular weight excluding hydrogens is 502 g/mol. The van der Waals surface area contributed by atoms with E-state index >= 15 is 0 Å². The van der Waals surface area contributed by atoms with Crippen molar-refractivity contribution in [2.75, 3.05) is 16.2 Å². The van der Waals surface area contributed by atoms with Gasteiger partial charge in [-0.25, -0.2) is 13.4 Å². The van der Waals surface area contributed by atoms with Gasteiger partial charge < -0.3 is 16.0 Å². The van der Waals surface area contributed by atoms with E-state index in [9.17, 15) is 18.0 Å². The first kappa shape index (κ1) is 27.5. The number of H-pyrrole nitrogens is 1. The number of hydrogen-bond acceptors (Lipinski definition) is 6. The lowest BCUT2D eigenvalue weighted by atomic mass is 9.91. The number of aryl methyl sites for hydroxylation is 1. The number of aromatic amines is 1. The summed E-state index contributed by atoms with van der Waals surface area (Å²) < 4.78 is 28.1. The van der Waals surface area contributed by atoms with Crippen molar-refractivity contribution in [1.82, 2.24) is 15.3 Å². The fraction of sp³-hybridized carbons (Fsp3) is 0.400. The number of amides is 1. The highest BCUT2D eigenvalue weighted by molar-refractivity contribution is 7.92. The molecule has 1 aliphatic rings. The van der Waals surface area contributed by atoms with Crippen LogP contribution in [0, 0.1) is 12.8 Å². The summed E-state index contributed by atoms with van der Waals surface area (Å²) in [4.78, 5) is 32.0. The normalized spacial score (nSPS) is 14.2. The number of anilines is 2. The number of nitrogens with two attached hydrogens (primary N) is 1. The molecule has 0 bridgehead atoms. The lowest BCUT2D eigenvalue weighted by molar-refractivity contribution is -0.120. The van der Waals surface area contributed by atoms with Gasteiger partial charge in [0.15, 0.2) is 0 Å². The number of rotatable bonds is 8. The van der Waals surface area contributed by atoms with Crippen molar-refractivity contribution in [2.45, 2.75) is 52.0 Å². The Morgan fingerprint density at radius 1 is 1.17 bits per heavy atom. The van der Waals surface area contributed by atoms with E-state index < -0.39 is 15.6 Å². The van der Waals surface area contributed by atoms with Crippen LogP contribution in [0.25, 0.3) is 10.8 Å². The van der Waals surface area contributed by atoms with Crippen molar-refractivity contribution in [1.29, 1.82) is 0 Å². The van der Waals surface area contributed by atoms with Crippen molar-refractivity contribution < 1.29 is 13.2 Å². The molecule has 1 aromatic carbocycles. The highest BCUT2D eigenvalue weighted by Crippen LogP contribution is 2.26. The number of halogens is 1. The van der Waals surface area contributed by atoms with Crippen molar-refractivity contribution in [3.8, 4) is 0 Å². The number of hydrogen-bond donors (Lipinski definition) is 4. The topological polar surface area (TPSA) is 147 Å². The Morgan fingerprint density at radius 3 is 2.67 bits per heavy atom. The lowest BCUT2D eigenvalue weighted by Crippen LogP contribution is -2.30. The van der Waals surface area contributed by atoms with Gasteiger partial charge in [-0.15, -0.1) is 12.4 Å². The third-order valence-corrected chi connectivity index (χ3v) is 7.81. The van der Waals surface area contributed by atoms with Gasteiger partial charge in [0.2, 0.25) is 15.9 Å². The van der Waals surface area contributed by atoms with Crippen molar-refractivity contribution in [2.24, 2.45) is 5.92 Å². The van der Waals surface area contributed by atoms with Crippen molar-refractivity contribution >= 4 is 50.6 Å². The minimum atomic E-state index is -3.72. The average molecular weight is 534 g/mol. The minimum absolute atomic E-state index is 0. The van der Waals surface area contributed by atoms with Crippen LogP contribution < -0.4 is 21.3 Å². The highest BCUT2D eigenvalue weighted by Gasteiger charge is 2.24. The smallest absolute Gasteiger partial charge is 0.272 e. The number of nitrogens with zero attached hydrogens (tertiary/aromatic N) is 1. The largest absolute Gasteiger partial charge is 0.383 e. The van der Waals surface area contributed by atoms with E-state index in [0.717, 1.165) is 48.4 Å². The third-order valence-electron chi connectivity index (χ3n) is 6.39. The Labute approximate surface area is 216 Å². The second-order valence-electron chi connectivity index (χ2n) is 9.27. The van der Waals surface area contributed by atoms with Crippen LogP contribution in [0.2, 0.25) is 0 Å². The molecule has 0 atom stereocenters. The fourth-order valence-corrected chi connectivity index (χ4v) is 6.24. The van der Waals surface area contributed by atoms with E-state index in [1.54, 1.807) is 19.2 Å². The maximum atomic E-state index is 12.8. The number of carbonyl (C=O) groups excluding carboxylic acids is 1. The number of nitrogen functional groups attached to an aromatic ring is 1. The molecule has 2 aromatic heterocycles. The second kappa shape index (κ2) is 11.7. The maximum absolute atomic E-state index is 12.8. The van der Waals surface area contributed by atoms with Gasteiger partial charge in [0.25, 0.3) is 5.56 Å². The second-order valence-corrected chi connectivity index (χ2v) is 11.0. The van der Waals surface area contributed by atoms with E-state index in [1.165, 1.54) is 0 Å². The van der Waals surface area contributed by atoms with E-state index in [1.807, 2.05) is 24.3 Å². The first-order chi connectivity index (χ1) is 16.7.